The molecule has 13 heavy (non-hydrogen) atoms. The van der Waals surface area contributed by atoms with E-state index in [1.807, 2.05) is 0 Å². The predicted octanol–water partition coefficient (Wildman–Crippen LogP) is 3.47. The first-order valence-electron chi connectivity index (χ1n) is 5.98. The van der Waals surface area contributed by atoms with Crippen molar-refractivity contribution in [2.75, 3.05) is 0 Å². The molecule has 1 aliphatic carbocycles. The molecule has 1 heteroatoms. The van der Waals surface area contributed by atoms with E-state index in [9.17, 15) is 0 Å². The summed E-state index contributed by atoms with van der Waals surface area (Å²) in [6, 6.07) is 0. The molecular weight excluding hydrogens is 158 g/mol. The number of rotatable bonds is 3. The predicted molar refractivity (Wildman–Crippen MR) is 58.7 cm³/mol. The van der Waals surface area contributed by atoms with Crippen molar-refractivity contribution in [3.63, 3.8) is 0 Å². The molecule has 0 radical (unpaired) electrons. The third-order valence-corrected chi connectivity index (χ3v) is 3.74. The van der Waals surface area contributed by atoms with Crippen molar-refractivity contribution >= 4 is 0 Å². The van der Waals surface area contributed by atoms with E-state index < -0.39 is 0 Å². The van der Waals surface area contributed by atoms with Gasteiger partial charge in [-0.15, -0.1) is 0 Å². The highest BCUT2D eigenvalue weighted by atomic mass is 14.8. The minimum absolute atomic E-state index is 0.173. The third kappa shape index (κ3) is 2.98. The maximum absolute atomic E-state index is 6.49. The summed E-state index contributed by atoms with van der Waals surface area (Å²) in [6.45, 7) is 4.60. The molecule has 1 unspecified atom stereocenters. The summed E-state index contributed by atoms with van der Waals surface area (Å²) in [7, 11) is 0. The van der Waals surface area contributed by atoms with Crippen LogP contribution < -0.4 is 5.73 Å². The third-order valence-electron chi connectivity index (χ3n) is 3.74. The van der Waals surface area contributed by atoms with Crippen molar-refractivity contribution in [1.29, 1.82) is 0 Å². The molecule has 1 aliphatic rings. The van der Waals surface area contributed by atoms with Crippen LogP contribution in [0.1, 0.15) is 65.2 Å². The second-order valence-corrected chi connectivity index (χ2v) is 4.84. The Balaban J connectivity index is 2.49. The van der Waals surface area contributed by atoms with E-state index in [1.54, 1.807) is 0 Å². The Morgan fingerprint density at radius 1 is 1.15 bits per heavy atom. The van der Waals surface area contributed by atoms with Gasteiger partial charge in [-0.1, -0.05) is 46.0 Å². The summed E-state index contributed by atoms with van der Waals surface area (Å²) < 4.78 is 0. The van der Waals surface area contributed by atoms with Crippen molar-refractivity contribution in [2.24, 2.45) is 11.7 Å². The van der Waals surface area contributed by atoms with Gasteiger partial charge in [0.25, 0.3) is 0 Å². The lowest BCUT2D eigenvalue weighted by Gasteiger charge is -2.34. The van der Waals surface area contributed by atoms with E-state index in [0.29, 0.717) is 0 Å². The Bertz CT molecular complexity index is 134. The van der Waals surface area contributed by atoms with Crippen molar-refractivity contribution < 1.29 is 0 Å². The quantitative estimate of drug-likeness (QED) is 0.666. The Hall–Kier alpha value is -0.0400. The van der Waals surface area contributed by atoms with Gasteiger partial charge in [0, 0.05) is 5.54 Å². The van der Waals surface area contributed by atoms with Crippen LogP contribution in [0.3, 0.4) is 0 Å². The van der Waals surface area contributed by atoms with Crippen molar-refractivity contribution in [3.8, 4) is 0 Å². The van der Waals surface area contributed by atoms with Crippen LogP contribution in [0, 0.1) is 5.92 Å². The summed E-state index contributed by atoms with van der Waals surface area (Å²) in [5, 5.41) is 0. The summed E-state index contributed by atoms with van der Waals surface area (Å²) in [5.41, 5.74) is 6.66. The molecule has 2 N–H and O–H groups in total. The summed E-state index contributed by atoms with van der Waals surface area (Å²) in [6.07, 6.45) is 10.6. The van der Waals surface area contributed by atoms with Gasteiger partial charge < -0.3 is 5.73 Å². The molecule has 0 aromatic rings. The van der Waals surface area contributed by atoms with E-state index in [2.05, 4.69) is 13.8 Å². The molecule has 1 atom stereocenters. The minimum Gasteiger partial charge on any atom is -0.325 e. The van der Waals surface area contributed by atoms with Gasteiger partial charge in [0.15, 0.2) is 0 Å². The average molecular weight is 183 g/mol. The number of nitrogens with two attached hydrogens (primary N) is 1. The zero-order chi connectivity index (χ0) is 9.73. The van der Waals surface area contributed by atoms with Crippen molar-refractivity contribution in [1.82, 2.24) is 0 Å². The van der Waals surface area contributed by atoms with Crippen molar-refractivity contribution in [2.45, 2.75) is 70.8 Å². The van der Waals surface area contributed by atoms with E-state index in [1.165, 1.54) is 51.4 Å². The largest absolute Gasteiger partial charge is 0.325 e. The van der Waals surface area contributed by atoms with E-state index in [4.69, 9.17) is 5.73 Å². The topological polar surface area (TPSA) is 26.0 Å². The van der Waals surface area contributed by atoms with Crippen LogP contribution in [0.15, 0.2) is 0 Å². The van der Waals surface area contributed by atoms with Gasteiger partial charge in [-0.3, -0.25) is 0 Å². The molecule has 1 nitrogen and oxygen atoms in total. The zero-order valence-electron chi connectivity index (χ0n) is 9.31. The molecule has 78 valence electrons. The van der Waals surface area contributed by atoms with E-state index in [0.717, 1.165) is 5.92 Å². The monoisotopic (exact) mass is 183 g/mol. The number of hydrogen-bond acceptors (Lipinski definition) is 1. The smallest absolute Gasteiger partial charge is 0.0180 e. The first-order chi connectivity index (χ1) is 6.19. The summed E-state index contributed by atoms with van der Waals surface area (Å²) in [4.78, 5) is 0. The molecule has 0 aromatic heterocycles. The first kappa shape index (κ1) is 11.0. The second kappa shape index (κ2) is 4.99. The van der Waals surface area contributed by atoms with Crippen LogP contribution in [-0.4, -0.2) is 5.54 Å². The van der Waals surface area contributed by atoms with Gasteiger partial charge in [-0.2, -0.15) is 0 Å². The number of hydrogen-bond donors (Lipinski definition) is 1. The summed E-state index contributed by atoms with van der Waals surface area (Å²) >= 11 is 0. The molecule has 0 amide bonds. The Labute approximate surface area is 83.1 Å². The van der Waals surface area contributed by atoms with Crippen LogP contribution in [-0.2, 0) is 0 Å². The molecule has 0 bridgehead atoms. The molecule has 0 aromatic carbocycles. The van der Waals surface area contributed by atoms with Crippen molar-refractivity contribution in [3.05, 3.63) is 0 Å². The van der Waals surface area contributed by atoms with Gasteiger partial charge in [0.1, 0.15) is 0 Å². The second-order valence-electron chi connectivity index (χ2n) is 4.84. The fraction of sp³-hybridized carbons (Fsp3) is 1.00. The van der Waals surface area contributed by atoms with Crippen LogP contribution in [0.4, 0.5) is 0 Å². The average Bonchev–Trinajstić information content (AvgIpc) is 2.32. The van der Waals surface area contributed by atoms with Crippen LogP contribution in [0.2, 0.25) is 0 Å². The van der Waals surface area contributed by atoms with Gasteiger partial charge in [-0.05, 0) is 25.2 Å². The zero-order valence-corrected chi connectivity index (χ0v) is 9.31. The van der Waals surface area contributed by atoms with Crippen LogP contribution in [0.5, 0.6) is 0 Å². The normalized spacial score (nSPS) is 25.2. The van der Waals surface area contributed by atoms with Gasteiger partial charge in [-0.25, -0.2) is 0 Å². The SMILES string of the molecule is CCCC(C)C1(N)CCCCCC1. The Morgan fingerprint density at radius 3 is 2.15 bits per heavy atom. The van der Waals surface area contributed by atoms with Gasteiger partial charge in [0.05, 0.1) is 0 Å². The van der Waals surface area contributed by atoms with Gasteiger partial charge >= 0.3 is 0 Å². The van der Waals surface area contributed by atoms with Crippen LogP contribution >= 0.6 is 0 Å². The standard InChI is InChI=1S/C12H25N/c1-3-8-11(2)12(13)9-6-4-5-7-10-12/h11H,3-10,13H2,1-2H3. The molecule has 1 fully saturated rings. The lowest BCUT2D eigenvalue weighted by molar-refractivity contribution is 0.241. The maximum Gasteiger partial charge on any atom is 0.0180 e. The van der Waals surface area contributed by atoms with Gasteiger partial charge in [0.2, 0.25) is 0 Å². The lowest BCUT2D eigenvalue weighted by Crippen LogP contribution is -2.45. The highest BCUT2D eigenvalue weighted by Gasteiger charge is 2.31. The fourth-order valence-electron chi connectivity index (χ4n) is 2.60. The molecule has 0 spiro atoms. The maximum atomic E-state index is 6.49. The Kier molecular flexibility index (Phi) is 4.24. The fourth-order valence-corrected chi connectivity index (χ4v) is 2.60. The highest BCUT2D eigenvalue weighted by Crippen LogP contribution is 2.33. The minimum atomic E-state index is 0.173. The molecule has 1 saturated carbocycles. The molecule has 0 aliphatic heterocycles. The lowest BCUT2D eigenvalue weighted by atomic mass is 9.78. The molecule has 0 saturated heterocycles. The van der Waals surface area contributed by atoms with Crippen LogP contribution in [0.25, 0.3) is 0 Å². The molecular formula is C12H25N. The van der Waals surface area contributed by atoms with E-state index in [-0.39, 0.29) is 5.54 Å². The van der Waals surface area contributed by atoms with E-state index >= 15 is 0 Å². The Morgan fingerprint density at radius 2 is 1.69 bits per heavy atom. The summed E-state index contributed by atoms with van der Waals surface area (Å²) in [5.74, 6) is 0.718. The first-order valence-corrected chi connectivity index (χ1v) is 5.98. The molecule has 1 rings (SSSR count). The highest BCUT2D eigenvalue weighted by molar-refractivity contribution is 4.90. The molecule has 0 heterocycles.